The van der Waals surface area contributed by atoms with Gasteiger partial charge in [-0.15, -0.1) is 0 Å². The minimum absolute atomic E-state index is 0.195. The molecule has 0 aliphatic heterocycles. The molecule has 0 unspecified atom stereocenters. The highest BCUT2D eigenvalue weighted by atomic mass is 16.1. The van der Waals surface area contributed by atoms with E-state index in [-0.39, 0.29) is 5.41 Å². The Morgan fingerprint density at radius 3 is 1.53 bits per heavy atom. The zero-order valence-corrected chi connectivity index (χ0v) is 11.6. The van der Waals surface area contributed by atoms with Gasteiger partial charge in [0.1, 0.15) is 0 Å². The van der Waals surface area contributed by atoms with Crippen molar-refractivity contribution in [2.24, 2.45) is 5.41 Å². The Kier molecular flexibility index (Phi) is 9.27. The zero-order valence-electron chi connectivity index (χ0n) is 11.6. The molecule has 0 N–H and O–H groups in total. The Balaban J connectivity index is 0. The molecular formula is C14H16N4O. The van der Waals surface area contributed by atoms with E-state index in [1.807, 2.05) is 6.92 Å². The number of nitriles is 4. The monoisotopic (exact) mass is 256 g/mol. The lowest BCUT2D eigenvalue weighted by molar-refractivity contribution is -0.118. The number of nitrogens with zero attached hydrogens (tertiary/aromatic N) is 4. The van der Waals surface area contributed by atoms with Gasteiger partial charge in [0.05, 0.1) is 0 Å². The summed E-state index contributed by atoms with van der Waals surface area (Å²) in [6, 6.07) is 4.94. The van der Waals surface area contributed by atoms with Crippen molar-refractivity contribution in [2.75, 3.05) is 0 Å². The van der Waals surface area contributed by atoms with Gasteiger partial charge in [-0.3, -0.25) is 4.79 Å². The van der Waals surface area contributed by atoms with Gasteiger partial charge in [0, 0.05) is 6.42 Å². The van der Waals surface area contributed by atoms with Gasteiger partial charge in [-0.05, 0) is 31.3 Å². The summed E-state index contributed by atoms with van der Waals surface area (Å²) in [4.78, 5) is 11.4. The van der Waals surface area contributed by atoms with Gasteiger partial charge in [0.25, 0.3) is 0 Å². The Morgan fingerprint density at radius 1 is 0.895 bits per heavy atom. The molecule has 1 aliphatic rings. The molecule has 1 rings (SSSR count). The van der Waals surface area contributed by atoms with Crippen LogP contribution in [0.3, 0.4) is 0 Å². The minimum Gasteiger partial charge on any atom is -0.295 e. The van der Waals surface area contributed by atoms with E-state index in [2.05, 4.69) is 20.8 Å². The van der Waals surface area contributed by atoms with E-state index in [9.17, 15) is 4.79 Å². The van der Waals surface area contributed by atoms with Crippen LogP contribution in [0.2, 0.25) is 0 Å². The van der Waals surface area contributed by atoms with Gasteiger partial charge in [-0.25, -0.2) is 0 Å². The van der Waals surface area contributed by atoms with Crippen LogP contribution >= 0.6 is 0 Å². The first kappa shape index (κ1) is 18.7. The fourth-order valence-corrected chi connectivity index (χ4v) is 1.72. The largest absolute Gasteiger partial charge is 0.295 e. The van der Waals surface area contributed by atoms with E-state index in [4.69, 9.17) is 21.0 Å². The van der Waals surface area contributed by atoms with Crippen molar-refractivity contribution in [3.05, 3.63) is 11.1 Å². The molecule has 0 radical (unpaired) electrons. The Labute approximate surface area is 114 Å². The first-order valence-corrected chi connectivity index (χ1v) is 5.51. The summed E-state index contributed by atoms with van der Waals surface area (Å²) < 4.78 is 0. The average molecular weight is 256 g/mol. The molecule has 0 aromatic carbocycles. The molecule has 98 valence electrons. The molecule has 1 aliphatic carbocycles. The smallest absolute Gasteiger partial charge is 0.181 e. The summed E-state index contributed by atoms with van der Waals surface area (Å²) in [5.74, 6) is 0.332. The topological polar surface area (TPSA) is 112 Å². The number of ketones is 1. The van der Waals surface area contributed by atoms with Crippen molar-refractivity contribution in [3.63, 3.8) is 0 Å². The molecule has 0 fully saturated rings. The molecule has 5 nitrogen and oxygen atoms in total. The number of carbonyl (C=O) groups is 1. The van der Waals surface area contributed by atoms with Crippen LogP contribution in [0, 0.1) is 50.7 Å². The number of Topliss-reactive ketones (excluding diaryl/α,β-unsaturated/α-hetero) is 1. The third-order valence-corrected chi connectivity index (χ3v) is 2.54. The van der Waals surface area contributed by atoms with Gasteiger partial charge in [0.15, 0.2) is 30.1 Å². The van der Waals surface area contributed by atoms with Gasteiger partial charge in [-0.1, -0.05) is 19.4 Å². The molecule has 0 amide bonds. The van der Waals surface area contributed by atoms with E-state index >= 15 is 0 Å². The number of hydrogen-bond donors (Lipinski definition) is 0. The minimum atomic E-state index is 0.195. The SMILES string of the molecule is CC1=C(C)C(=O)CC(C)(C)C1.N#CC#N.N#CC#N. The summed E-state index contributed by atoms with van der Waals surface area (Å²) in [5, 5.41) is 29.1. The second-order valence-corrected chi connectivity index (χ2v) is 4.79. The van der Waals surface area contributed by atoms with Crippen molar-refractivity contribution >= 4 is 5.78 Å². The highest BCUT2D eigenvalue weighted by Crippen LogP contribution is 2.36. The van der Waals surface area contributed by atoms with E-state index in [0.717, 1.165) is 18.4 Å². The predicted octanol–water partition coefficient (Wildman–Crippen LogP) is 2.78. The first-order chi connectivity index (χ1) is 8.75. The van der Waals surface area contributed by atoms with Crippen LogP contribution in [0.25, 0.3) is 0 Å². The van der Waals surface area contributed by atoms with Crippen molar-refractivity contribution in [1.29, 1.82) is 21.0 Å². The number of carbonyl (C=O) groups excluding carboxylic acids is 1. The highest BCUT2D eigenvalue weighted by molar-refractivity contribution is 5.96. The maximum absolute atomic E-state index is 11.4. The molecule has 19 heavy (non-hydrogen) atoms. The standard InChI is InChI=1S/C10H16O.2C2N2/c1-7-5-10(3,4)6-9(11)8(7)2;2*3-1-2-4/h5-6H2,1-4H3;;. The molecule has 0 aromatic rings. The van der Waals surface area contributed by atoms with Gasteiger partial charge < -0.3 is 0 Å². The fourth-order valence-electron chi connectivity index (χ4n) is 1.72. The van der Waals surface area contributed by atoms with Crippen LogP contribution in [0.15, 0.2) is 11.1 Å². The van der Waals surface area contributed by atoms with Gasteiger partial charge >= 0.3 is 0 Å². The van der Waals surface area contributed by atoms with E-state index < -0.39 is 0 Å². The fraction of sp³-hybridized carbons (Fsp3) is 0.500. The van der Waals surface area contributed by atoms with Crippen LogP contribution in [0.1, 0.15) is 40.5 Å². The van der Waals surface area contributed by atoms with Crippen LogP contribution in [0.5, 0.6) is 0 Å². The third-order valence-electron chi connectivity index (χ3n) is 2.54. The predicted molar refractivity (Wildman–Crippen MR) is 68.8 cm³/mol. The van der Waals surface area contributed by atoms with Crippen LogP contribution in [0.4, 0.5) is 0 Å². The normalized spacial score (nSPS) is 15.1. The molecule has 0 bridgehead atoms. The maximum atomic E-state index is 11.4. The first-order valence-electron chi connectivity index (χ1n) is 5.51. The Morgan fingerprint density at radius 2 is 1.26 bits per heavy atom. The van der Waals surface area contributed by atoms with Crippen LogP contribution in [-0.2, 0) is 4.79 Å². The second kappa shape index (κ2) is 9.41. The molecule has 0 saturated heterocycles. The lowest BCUT2D eigenvalue weighted by Crippen LogP contribution is -2.23. The maximum Gasteiger partial charge on any atom is 0.181 e. The lowest BCUT2D eigenvalue weighted by Gasteiger charge is -2.29. The number of rotatable bonds is 0. The summed E-state index contributed by atoms with van der Waals surface area (Å²) >= 11 is 0. The Hall–Kier alpha value is -2.63. The van der Waals surface area contributed by atoms with Crippen molar-refractivity contribution in [3.8, 4) is 24.3 Å². The molecule has 5 heteroatoms. The van der Waals surface area contributed by atoms with Crippen molar-refractivity contribution in [1.82, 2.24) is 0 Å². The van der Waals surface area contributed by atoms with E-state index in [1.165, 1.54) is 29.8 Å². The molecule has 0 aromatic heterocycles. The van der Waals surface area contributed by atoms with Gasteiger partial charge in [-0.2, -0.15) is 21.0 Å². The van der Waals surface area contributed by atoms with Crippen LogP contribution < -0.4 is 0 Å². The van der Waals surface area contributed by atoms with Gasteiger partial charge in [0.2, 0.25) is 0 Å². The Bertz CT molecular complexity index is 468. The van der Waals surface area contributed by atoms with E-state index in [1.54, 1.807) is 0 Å². The number of hydrogen-bond acceptors (Lipinski definition) is 5. The highest BCUT2D eigenvalue weighted by Gasteiger charge is 2.28. The summed E-state index contributed by atoms with van der Waals surface area (Å²) in [6.45, 7) is 8.31. The second-order valence-electron chi connectivity index (χ2n) is 4.79. The molecule has 0 heterocycles. The summed E-state index contributed by atoms with van der Waals surface area (Å²) in [7, 11) is 0. The quantitative estimate of drug-likeness (QED) is 0.661. The molecule has 0 atom stereocenters. The molecule has 0 spiro atoms. The number of allylic oxidation sites excluding steroid dienone is 2. The summed E-state index contributed by atoms with van der Waals surface area (Å²) in [5.41, 5.74) is 2.45. The third kappa shape index (κ3) is 9.11. The molecular weight excluding hydrogens is 240 g/mol. The molecule has 0 saturated carbocycles. The van der Waals surface area contributed by atoms with Crippen molar-refractivity contribution < 1.29 is 4.79 Å². The summed E-state index contributed by atoms with van der Waals surface area (Å²) in [6.07, 6.45) is 1.79. The average Bonchev–Trinajstić information content (AvgIpc) is 2.35. The van der Waals surface area contributed by atoms with Crippen molar-refractivity contribution in [2.45, 2.75) is 40.5 Å². The lowest BCUT2D eigenvalue weighted by atomic mass is 9.74. The zero-order chi connectivity index (χ0) is 15.5. The van der Waals surface area contributed by atoms with Crippen LogP contribution in [-0.4, -0.2) is 5.78 Å². The van der Waals surface area contributed by atoms with E-state index in [0.29, 0.717) is 5.78 Å².